The van der Waals surface area contributed by atoms with Crippen molar-refractivity contribution in [2.45, 2.75) is 18.2 Å². The molecule has 5 nitrogen and oxygen atoms in total. The molecule has 0 aromatic heterocycles. The van der Waals surface area contributed by atoms with Crippen molar-refractivity contribution in [3.05, 3.63) is 94.7 Å². The second-order valence-electron chi connectivity index (χ2n) is 7.15. The first-order valence-electron chi connectivity index (χ1n) is 9.89. The van der Waals surface area contributed by atoms with Crippen LogP contribution in [0, 0.1) is 5.82 Å². The number of hydrogen-bond acceptors (Lipinski definition) is 4. The van der Waals surface area contributed by atoms with Gasteiger partial charge in [0.1, 0.15) is 11.1 Å². The van der Waals surface area contributed by atoms with Gasteiger partial charge in [0.25, 0.3) is 0 Å². The lowest BCUT2D eigenvalue weighted by atomic mass is 10.2. The molecule has 1 heterocycles. The molecule has 0 saturated carbocycles. The fourth-order valence-electron chi connectivity index (χ4n) is 3.17. The molecule has 1 N–H and O–H groups in total. The predicted molar refractivity (Wildman–Crippen MR) is 129 cm³/mol. The fraction of sp³-hybridized carbons (Fsp3) is 0.125. The van der Waals surface area contributed by atoms with E-state index in [-0.39, 0.29) is 30.6 Å². The number of rotatable bonds is 5. The molecule has 8 heteroatoms. The van der Waals surface area contributed by atoms with Gasteiger partial charge in [-0.25, -0.2) is 9.38 Å². The van der Waals surface area contributed by atoms with E-state index in [2.05, 4.69) is 26.2 Å². The number of thioether (sulfide) groups is 1. The molecule has 0 radical (unpaired) electrons. The summed E-state index contributed by atoms with van der Waals surface area (Å²) in [5.74, 6) is -0.809. The van der Waals surface area contributed by atoms with Gasteiger partial charge in [0.05, 0.1) is 12.2 Å². The van der Waals surface area contributed by atoms with Crippen molar-refractivity contribution >= 4 is 56.0 Å². The molecule has 1 fully saturated rings. The Labute approximate surface area is 197 Å². The summed E-state index contributed by atoms with van der Waals surface area (Å²) >= 11 is 4.64. The van der Waals surface area contributed by atoms with E-state index in [1.165, 1.54) is 23.9 Å². The van der Waals surface area contributed by atoms with Gasteiger partial charge >= 0.3 is 0 Å². The van der Waals surface area contributed by atoms with Crippen LogP contribution in [0.1, 0.15) is 12.0 Å². The number of para-hydroxylation sites is 1. The van der Waals surface area contributed by atoms with E-state index in [1.54, 1.807) is 29.2 Å². The monoisotopic (exact) mass is 511 g/mol. The first kappa shape index (κ1) is 22.2. The minimum atomic E-state index is -0.617. The van der Waals surface area contributed by atoms with Crippen LogP contribution in [0.15, 0.2) is 88.3 Å². The van der Waals surface area contributed by atoms with Crippen LogP contribution in [-0.4, -0.2) is 27.1 Å². The van der Waals surface area contributed by atoms with Gasteiger partial charge in [0.15, 0.2) is 5.17 Å². The lowest BCUT2D eigenvalue weighted by Crippen LogP contribution is -2.44. The van der Waals surface area contributed by atoms with Gasteiger partial charge in [-0.2, -0.15) is 0 Å². The van der Waals surface area contributed by atoms with Crippen LogP contribution in [-0.2, 0) is 16.1 Å². The lowest BCUT2D eigenvalue weighted by molar-refractivity contribution is -0.129. The number of hydrogen-bond donors (Lipinski definition) is 1. The molecule has 1 unspecified atom stereocenters. The summed E-state index contributed by atoms with van der Waals surface area (Å²) in [4.78, 5) is 32.2. The maximum absolute atomic E-state index is 13.3. The van der Waals surface area contributed by atoms with Crippen molar-refractivity contribution in [2.24, 2.45) is 4.99 Å². The van der Waals surface area contributed by atoms with Crippen LogP contribution < -0.4 is 5.32 Å². The maximum atomic E-state index is 13.3. The molecule has 0 spiro atoms. The van der Waals surface area contributed by atoms with Crippen LogP contribution in [0.3, 0.4) is 0 Å². The number of nitrogens with zero attached hydrogens (tertiary/aromatic N) is 2. The summed E-state index contributed by atoms with van der Waals surface area (Å²) < 4.78 is 14.1. The Bertz CT molecular complexity index is 1160. The second kappa shape index (κ2) is 10.1. The fourth-order valence-corrected chi connectivity index (χ4v) is 4.67. The Morgan fingerprint density at radius 1 is 1.09 bits per heavy atom. The van der Waals surface area contributed by atoms with E-state index >= 15 is 0 Å². The van der Waals surface area contributed by atoms with Gasteiger partial charge in [-0.15, -0.1) is 0 Å². The quantitative estimate of drug-likeness (QED) is 0.474. The molecule has 162 valence electrons. The number of benzene rings is 3. The average Bonchev–Trinajstić information content (AvgIpc) is 2.78. The highest BCUT2D eigenvalue weighted by Gasteiger charge is 2.36. The lowest BCUT2D eigenvalue weighted by Gasteiger charge is -2.32. The highest BCUT2D eigenvalue weighted by molar-refractivity contribution is 9.10. The molecular weight excluding hydrogens is 493 g/mol. The van der Waals surface area contributed by atoms with Gasteiger partial charge in [-0.1, -0.05) is 64.1 Å². The summed E-state index contributed by atoms with van der Waals surface area (Å²) in [6.45, 7) is 0.248. The van der Waals surface area contributed by atoms with E-state index in [1.807, 2.05) is 42.5 Å². The van der Waals surface area contributed by atoms with Gasteiger partial charge < -0.3 is 5.32 Å². The molecule has 3 aromatic carbocycles. The number of amides is 2. The molecule has 2 amide bonds. The minimum Gasteiger partial charge on any atom is -0.325 e. The Morgan fingerprint density at radius 3 is 2.56 bits per heavy atom. The van der Waals surface area contributed by atoms with E-state index in [9.17, 15) is 14.0 Å². The Hall–Kier alpha value is -2.97. The predicted octanol–water partition coefficient (Wildman–Crippen LogP) is 5.75. The van der Waals surface area contributed by atoms with Crippen LogP contribution >= 0.6 is 27.7 Å². The highest BCUT2D eigenvalue weighted by atomic mass is 79.9. The molecule has 0 aliphatic carbocycles. The third kappa shape index (κ3) is 5.63. The zero-order valence-corrected chi connectivity index (χ0v) is 19.3. The highest BCUT2D eigenvalue weighted by Crippen LogP contribution is 2.31. The molecule has 3 aromatic rings. The number of carbonyl (C=O) groups excluding carboxylic acids is 2. The Balaban J connectivity index is 1.58. The first-order chi connectivity index (χ1) is 15.5. The Morgan fingerprint density at radius 2 is 1.84 bits per heavy atom. The number of carbonyl (C=O) groups is 2. The largest absolute Gasteiger partial charge is 0.325 e. The van der Waals surface area contributed by atoms with E-state index in [0.717, 1.165) is 10.0 Å². The SMILES string of the molecule is O=C(Nc1cccc(Br)c1)C1CC(=O)N(Cc2ccc(F)cc2)C(=Nc2ccccc2)S1. The van der Waals surface area contributed by atoms with Crippen LogP contribution in [0.4, 0.5) is 15.8 Å². The zero-order valence-electron chi connectivity index (χ0n) is 16.9. The number of aliphatic imine (C=N–C) groups is 1. The smallest absolute Gasteiger partial charge is 0.238 e. The van der Waals surface area contributed by atoms with Crippen LogP contribution in [0.5, 0.6) is 0 Å². The summed E-state index contributed by atoms with van der Waals surface area (Å²) in [5.41, 5.74) is 2.10. The molecule has 1 aliphatic rings. The third-order valence-electron chi connectivity index (χ3n) is 4.76. The molecule has 4 rings (SSSR count). The van der Waals surface area contributed by atoms with Crippen molar-refractivity contribution < 1.29 is 14.0 Å². The van der Waals surface area contributed by atoms with E-state index in [4.69, 9.17) is 0 Å². The van der Waals surface area contributed by atoms with Gasteiger partial charge in [-0.05, 0) is 48.0 Å². The maximum Gasteiger partial charge on any atom is 0.238 e. The van der Waals surface area contributed by atoms with E-state index in [0.29, 0.717) is 16.5 Å². The van der Waals surface area contributed by atoms with Crippen molar-refractivity contribution in [1.29, 1.82) is 0 Å². The molecule has 32 heavy (non-hydrogen) atoms. The van der Waals surface area contributed by atoms with Crippen molar-refractivity contribution in [3.63, 3.8) is 0 Å². The third-order valence-corrected chi connectivity index (χ3v) is 6.44. The number of halogens is 2. The summed E-state index contributed by atoms with van der Waals surface area (Å²) in [6.07, 6.45) is 0.0412. The van der Waals surface area contributed by atoms with Crippen LogP contribution in [0.2, 0.25) is 0 Å². The first-order valence-corrected chi connectivity index (χ1v) is 11.6. The standard InChI is InChI=1S/C24H19BrFN3O2S/c25-17-5-4-8-20(13-17)27-23(31)21-14-22(30)29(15-16-9-11-18(26)12-10-16)24(32-21)28-19-6-2-1-3-7-19/h1-13,21H,14-15H2,(H,27,31). The van der Waals surface area contributed by atoms with Crippen molar-refractivity contribution in [3.8, 4) is 0 Å². The second-order valence-corrected chi connectivity index (χ2v) is 9.23. The normalized spacial score (nSPS) is 17.4. The van der Waals surface area contributed by atoms with Gasteiger partial charge in [0, 0.05) is 16.6 Å². The molecule has 1 aliphatic heterocycles. The average molecular weight is 512 g/mol. The number of nitrogens with one attached hydrogen (secondary N) is 1. The van der Waals surface area contributed by atoms with Gasteiger partial charge in [0.2, 0.25) is 11.8 Å². The topological polar surface area (TPSA) is 61.8 Å². The van der Waals surface area contributed by atoms with E-state index < -0.39 is 5.25 Å². The summed E-state index contributed by atoms with van der Waals surface area (Å²) in [5, 5.41) is 2.69. The summed E-state index contributed by atoms with van der Waals surface area (Å²) in [7, 11) is 0. The summed E-state index contributed by atoms with van der Waals surface area (Å²) in [6, 6.07) is 22.5. The zero-order chi connectivity index (χ0) is 22.5. The molecular formula is C24H19BrFN3O2S. The molecule has 0 bridgehead atoms. The van der Waals surface area contributed by atoms with Crippen LogP contribution in [0.25, 0.3) is 0 Å². The number of anilines is 1. The Kier molecular flexibility index (Phi) is 7.02. The van der Waals surface area contributed by atoms with Crippen molar-refractivity contribution in [1.82, 2.24) is 4.90 Å². The molecule has 1 atom stereocenters. The van der Waals surface area contributed by atoms with Crippen molar-refractivity contribution in [2.75, 3.05) is 5.32 Å². The van der Waals surface area contributed by atoms with Gasteiger partial charge in [-0.3, -0.25) is 14.5 Å². The molecule has 1 saturated heterocycles. The minimum absolute atomic E-state index is 0.0412. The number of amidine groups is 1.